The highest BCUT2D eigenvalue weighted by Gasteiger charge is 2.45. The number of nitriles is 1. The molecule has 1 atom stereocenters. The Hall–Kier alpha value is -7.67. The van der Waals surface area contributed by atoms with Crippen molar-refractivity contribution in [2.45, 2.75) is 102 Å². The zero-order valence-corrected chi connectivity index (χ0v) is 40.8. The molecule has 2 fully saturated rings. The summed E-state index contributed by atoms with van der Waals surface area (Å²) in [6, 6.07) is 25.8. The van der Waals surface area contributed by atoms with Crippen molar-refractivity contribution in [3.05, 3.63) is 113 Å². The number of nitrogens with zero attached hydrogens (tertiary/aromatic N) is 5. The first-order valence-electron chi connectivity index (χ1n) is 25.6. The minimum absolute atomic E-state index is 0.0133. The number of hydrogen-bond donors (Lipinski definition) is 4. The Morgan fingerprint density at radius 3 is 2.21 bits per heavy atom. The predicted molar refractivity (Wildman–Crippen MR) is 275 cm³/mol. The van der Waals surface area contributed by atoms with Crippen LogP contribution in [0.5, 0.6) is 0 Å². The van der Waals surface area contributed by atoms with Gasteiger partial charge in [0.25, 0.3) is 17.7 Å². The number of unbranched alkanes of at least 4 members (excludes halogenated alkanes) is 8. The molecule has 2 saturated heterocycles. The standard InChI is InChI=1S/C56H63N9O7/c57-37-39-17-21-45-44(35-39)46(25-29-60-45)59-28-24-38-16-18-41-36-42(20-19-40(41)34-38)54(70)64-32-30-63(31-33-64)51(68)15-8-4-2-1-3-5-9-27-61-49(66)14-7-6-10-26-58-47-13-11-12-43-52(47)56(72)65(55(43)71)48-22-23-50(67)62-53(48)69/h11-13,16-21,25,29,34-36,48,58H,1-10,14-15,22-24,26-28,30-33H2,(H,59,60)(H,61,66)(H,62,67,69). The number of nitrogens with one attached hydrogen (secondary N) is 4. The molecule has 374 valence electrons. The lowest BCUT2D eigenvalue weighted by molar-refractivity contribution is -0.136. The lowest BCUT2D eigenvalue weighted by Gasteiger charge is -2.35. The molecule has 3 aliphatic heterocycles. The van der Waals surface area contributed by atoms with Crippen LogP contribution in [-0.4, -0.2) is 113 Å². The van der Waals surface area contributed by atoms with Crippen LogP contribution in [0.15, 0.2) is 85.1 Å². The third-order valence-corrected chi connectivity index (χ3v) is 13.9. The smallest absolute Gasteiger partial charge is 0.264 e. The van der Waals surface area contributed by atoms with E-state index in [2.05, 4.69) is 50.5 Å². The van der Waals surface area contributed by atoms with E-state index in [1.807, 2.05) is 46.2 Å². The molecule has 5 aromatic rings. The quantitative estimate of drug-likeness (QED) is 0.0371. The Labute approximate surface area is 419 Å². The average Bonchev–Trinajstić information content (AvgIpc) is 3.65. The lowest BCUT2D eigenvalue weighted by Crippen LogP contribution is -2.54. The molecule has 0 bridgehead atoms. The van der Waals surface area contributed by atoms with E-state index >= 15 is 0 Å². The van der Waals surface area contributed by atoms with Gasteiger partial charge in [-0.15, -0.1) is 0 Å². The van der Waals surface area contributed by atoms with E-state index in [1.54, 1.807) is 30.5 Å². The molecule has 0 saturated carbocycles. The number of fused-ring (bicyclic) bond motifs is 3. The van der Waals surface area contributed by atoms with Gasteiger partial charge in [0, 0.05) is 93.6 Å². The van der Waals surface area contributed by atoms with E-state index in [4.69, 9.17) is 0 Å². The summed E-state index contributed by atoms with van der Waals surface area (Å²) in [6.45, 7) is 4.03. The SMILES string of the molecule is N#Cc1ccc2nccc(NCCc3ccc4cc(C(=O)N5CCN(C(=O)CCCCCCCCCNC(=O)CCCCCNc6cccc7c6C(=O)N(C6CCC(=O)NC6=O)C7=O)CC5)ccc4c3)c2c1. The number of benzene rings is 4. The first kappa shape index (κ1) is 50.7. The Morgan fingerprint density at radius 1 is 0.694 bits per heavy atom. The van der Waals surface area contributed by atoms with Crippen molar-refractivity contribution in [2.75, 3.05) is 56.4 Å². The van der Waals surface area contributed by atoms with E-state index in [0.29, 0.717) is 75.5 Å². The summed E-state index contributed by atoms with van der Waals surface area (Å²) in [5.74, 6) is -1.96. The number of piperazine rings is 1. The first-order chi connectivity index (χ1) is 35.1. The normalized spacial score (nSPS) is 15.7. The van der Waals surface area contributed by atoms with Gasteiger partial charge in [-0.05, 0) is 103 Å². The Bertz CT molecular complexity index is 2890. The average molecular weight is 974 g/mol. The van der Waals surface area contributed by atoms with Crippen LogP contribution in [0.1, 0.15) is 132 Å². The zero-order chi connectivity index (χ0) is 50.4. The molecule has 16 heteroatoms. The molecule has 4 aromatic carbocycles. The molecular formula is C56H63N9O7. The predicted octanol–water partition coefficient (Wildman–Crippen LogP) is 7.51. The molecule has 3 aliphatic rings. The van der Waals surface area contributed by atoms with Gasteiger partial charge in [-0.1, -0.05) is 68.9 Å². The Morgan fingerprint density at radius 2 is 1.40 bits per heavy atom. The van der Waals surface area contributed by atoms with Crippen molar-refractivity contribution < 1.29 is 33.6 Å². The zero-order valence-electron chi connectivity index (χ0n) is 40.8. The second-order valence-electron chi connectivity index (χ2n) is 18.9. The van der Waals surface area contributed by atoms with Crippen molar-refractivity contribution in [3.8, 4) is 6.07 Å². The van der Waals surface area contributed by atoms with Crippen molar-refractivity contribution in [2.24, 2.45) is 0 Å². The van der Waals surface area contributed by atoms with Crippen LogP contribution in [0.3, 0.4) is 0 Å². The Balaban J connectivity index is 0.628. The minimum Gasteiger partial charge on any atom is -0.384 e. The van der Waals surface area contributed by atoms with Crippen molar-refractivity contribution in [3.63, 3.8) is 0 Å². The van der Waals surface area contributed by atoms with Crippen LogP contribution in [-0.2, 0) is 25.6 Å². The molecule has 4 heterocycles. The third kappa shape index (κ3) is 12.6. The molecule has 4 N–H and O–H groups in total. The number of carbonyl (C=O) groups is 7. The summed E-state index contributed by atoms with van der Waals surface area (Å²) in [5, 5.41) is 24.3. The highest BCUT2D eigenvalue weighted by atomic mass is 16.2. The maximum absolute atomic E-state index is 13.5. The van der Waals surface area contributed by atoms with Crippen molar-refractivity contribution >= 4 is 74.4 Å². The fourth-order valence-corrected chi connectivity index (χ4v) is 9.87. The van der Waals surface area contributed by atoms with Gasteiger partial charge in [-0.3, -0.25) is 48.8 Å². The highest BCUT2D eigenvalue weighted by molar-refractivity contribution is 6.25. The van der Waals surface area contributed by atoms with Crippen LogP contribution in [0.2, 0.25) is 0 Å². The van der Waals surface area contributed by atoms with Gasteiger partial charge in [0.2, 0.25) is 23.6 Å². The number of piperidine rings is 1. The van der Waals surface area contributed by atoms with E-state index < -0.39 is 29.7 Å². The van der Waals surface area contributed by atoms with Crippen LogP contribution in [0, 0.1) is 11.3 Å². The number of aromatic nitrogens is 1. The molecule has 16 nitrogen and oxygen atoms in total. The second-order valence-corrected chi connectivity index (χ2v) is 18.9. The molecular weight excluding hydrogens is 911 g/mol. The number of carbonyl (C=O) groups excluding carboxylic acids is 7. The van der Waals surface area contributed by atoms with Crippen LogP contribution in [0.4, 0.5) is 11.4 Å². The lowest BCUT2D eigenvalue weighted by atomic mass is 10.0. The number of amides is 7. The van der Waals surface area contributed by atoms with E-state index in [9.17, 15) is 38.8 Å². The fraction of sp³-hybridized carbons (Fsp3) is 0.411. The summed E-state index contributed by atoms with van der Waals surface area (Å²) in [6.07, 6.45) is 13.1. The third-order valence-electron chi connectivity index (χ3n) is 13.9. The second kappa shape index (κ2) is 24.4. The first-order valence-corrected chi connectivity index (χ1v) is 25.6. The van der Waals surface area contributed by atoms with Gasteiger partial charge < -0.3 is 25.8 Å². The van der Waals surface area contributed by atoms with Crippen molar-refractivity contribution in [1.82, 2.24) is 30.3 Å². The van der Waals surface area contributed by atoms with Crippen molar-refractivity contribution in [1.29, 1.82) is 5.26 Å². The molecule has 8 rings (SSSR count). The summed E-state index contributed by atoms with van der Waals surface area (Å²) >= 11 is 0. The molecule has 0 aliphatic carbocycles. The van der Waals surface area contributed by atoms with Gasteiger partial charge in [-0.2, -0.15) is 5.26 Å². The summed E-state index contributed by atoms with van der Waals surface area (Å²) in [4.78, 5) is 98.4. The molecule has 7 amide bonds. The maximum atomic E-state index is 13.5. The molecule has 72 heavy (non-hydrogen) atoms. The van der Waals surface area contributed by atoms with Crippen LogP contribution < -0.4 is 21.3 Å². The number of pyridine rings is 1. The van der Waals surface area contributed by atoms with Crippen LogP contribution in [0.25, 0.3) is 21.7 Å². The molecule has 1 unspecified atom stereocenters. The summed E-state index contributed by atoms with van der Waals surface area (Å²) in [5.41, 5.74) is 5.21. The fourth-order valence-electron chi connectivity index (χ4n) is 9.87. The molecule has 0 radical (unpaired) electrons. The largest absolute Gasteiger partial charge is 0.384 e. The summed E-state index contributed by atoms with van der Waals surface area (Å²) in [7, 11) is 0. The number of rotatable bonds is 23. The minimum atomic E-state index is -1.01. The van der Waals surface area contributed by atoms with E-state index in [0.717, 1.165) is 103 Å². The number of imide groups is 2. The number of hydrogen-bond acceptors (Lipinski definition) is 11. The van der Waals surface area contributed by atoms with Gasteiger partial charge in [-0.25, -0.2) is 0 Å². The molecule has 1 aromatic heterocycles. The van der Waals surface area contributed by atoms with Gasteiger partial charge in [0.1, 0.15) is 6.04 Å². The van der Waals surface area contributed by atoms with Gasteiger partial charge in [0.15, 0.2) is 0 Å². The topological polar surface area (TPSA) is 214 Å². The highest BCUT2D eigenvalue weighted by Crippen LogP contribution is 2.33. The summed E-state index contributed by atoms with van der Waals surface area (Å²) < 4.78 is 0. The van der Waals surface area contributed by atoms with E-state index in [-0.39, 0.29) is 41.7 Å². The molecule has 0 spiro atoms. The van der Waals surface area contributed by atoms with Gasteiger partial charge >= 0.3 is 0 Å². The Kier molecular flexibility index (Phi) is 17.2. The maximum Gasteiger partial charge on any atom is 0.264 e. The monoisotopic (exact) mass is 973 g/mol. The van der Waals surface area contributed by atoms with E-state index in [1.165, 1.54) is 5.56 Å². The van der Waals surface area contributed by atoms with Gasteiger partial charge in [0.05, 0.1) is 28.3 Å². The number of anilines is 2. The van der Waals surface area contributed by atoms with Crippen LogP contribution >= 0.6 is 0 Å².